The molecule has 3 rings (SSSR count). The molecule has 0 aliphatic carbocycles. The highest BCUT2D eigenvalue weighted by atomic mass is 16.5. The van der Waals surface area contributed by atoms with E-state index in [1.165, 1.54) is 12.3 Å². The predicted octanol–water partition coefficient (Wildman–Crippen LogP) is 3.97. The predicted molar refractivity (Wildman–Crippen MR) is 84.4 cm³/mol. The van der Waals surface area contributed by atoms with Gasteiger partial charge in [-0.3, -0.25) is 4.79 Å². The number of benzene rings is 2. The van der Waals surface area contributed by atoms with E-state index in [0.717, 1.165) is 16.9 Å². The van der Waals surface area contributed by atoms with Gasteiger partial charge < -0.3 is 9.15 Å². The zero-order valence-corrected chi connectivity index (χ0v) is 11.6. The molecule has 3 nitrogen and oxygen atoms in total. The van der Waals surface area contributed by atoms with Gasteiger partial charge in [0.1, 0.15) is 11.3 Å². The molecule has 2 aromatic carbocycles. The first-order valence-corrected chi connectivity index (χ1v) is 6.60. The molecule has 0 aliphatic rings. The van der Waals surface area contributed by atoms with Crippen LogP contribution in [0.15, 0.2) is 64.0 Å². The molecule has 3 aromatic rings. The van der Waals surface area contributed by atoms with Gasteiger partial charge in [0.2, 0.25) is 0 Å². The monoisotopic (exact) mass is 278 g/mol. The van der Waals surface area contributed by atoms with Crippen molar-refractivity contribution in [2.24, 2.45) is 0 Å². The van der Waals surface area contributed by atoms with Crippen molar-refractivity contribution in [2.45, 2.75) is 0 Å². The quantitative estimate of drug-likeness (QED) is 0.680. The lowest BCUT2D eigenvalue weighted by Gasteiger charge is -2.01. The number of rotatable bonds is 3. The molecular formula is C18H14O3. The van der Waals surface area contributed by atoms with Crippen molar-refractivity contribution in [3.8, 4) is 5.75 Å². The van der Waals surface area contributed by atoms with Gasteiger partial charge in [0, 0.05) is 6.07 Å². The van der Waals surface area contributed by atoms with Crippen LogP contribution in [0.25, 0.3) is 23.1 Å². The molecule has 1 aromatic heterocycles. The molecule has 0 bridgehead atoms. The van der Waals surface area contributed by atoms with E-state index >= 15 is 0 Å². The van der Waals surface area contributed by atoms with Crippen LogP contribution in [-0.2, 0) is 0 Å². The first-order valence-electron chi connectivity index (χ1n) is 6.60. The van der Waals surface area contributed by atoms with Crippen LogP contribution < -0.4 is 10.2 Å². The maximum absolute atomic E-state index is 12.0. The van der Waals surface area contributed by atoms with Gasteiger partial charge in [-0.05, 0) is 29.3 Å². The van der Waals surface area contributed by atoms with Gasteiger partial charge in [0.25, 0.3) is 0 Å². The molecule has 104 valence electrons. The van der Waals surface area contributed by atoms with Crippen molar-refractivity contribution in [1.82, 2.24) is 0 Å². The van der Waals surface area contributed by atoms with Crippen molar-refractivity contribution in [3.63, 3.8) is 0 Å². The van der Waals surface area contributed by atoms with Gasteiger partial charge in [-0.2, -0.15) is 0 Å². The SMILES string of the molecule is COc1ccc(/C=C/c2cccc3occc(=O)c23)cc1. The molecule has 0 spiro atoms. The highest BCUT2D eigenvalue weighted by Gasteiger charge is 2.03. The first-order chi connectivity index (χ1) is 10.3. The van der Waals surface area contributed by atoms with Crippen molar-refractivity contribution >= 4 is 23.1 Å². The Morgan fingerprint density at radius 2 is 1.81 bits per heavy atom. The van der Waals surface area contributed by atoms with Crippen LogP contribution in [0.3, 0.4) is 0 Å². The van der Waals surface area contributed by atoms with E-state index in [1.807, 2.05) is 48.6 Å². The molecule has 0 N–H and O–H groups in total. The number of hydrogen-bond acceptors (Lipinski definition) is 3. The fourth-order valence-corrected chi connectivity index (χ4v) is 2.20. The summed E-state index contributed by atoms with van der Waals surface area (Å²) in [6.07, 6.45) is 5.29. The van der Waals surface area contributed by atoms with Crippen LogP contribution in [0.1, 0.15) is 11.1 Å². The van der Waals surface area contributed by atoms with E-state index in [0.29, 0.717) is 11.0 Å². The summed E-state index contributed by atoms with van der Waals surface area (Å²) in [5.74, 6) is 0.818. The number of ether oxygens (including phenoxy) is 1. The molecular weight excluding hydrogens is 264 g/mol. The van der Waals surface area contributed by atoms with Crippen LogP contribution in [0.5, 0.6) is 5.75 Å². The lowest BCUT2D eigenvalue weighted by molar-refractivity contribution is 0.415. The minimum Gasteiger partial charge on any atom is -0.497 e. The molecule has 0 atom stereocenters. The average Bonchev–Trinajstić information content (AvgIpc) is 2.53. The van der Waals surface area contributed by atoms with Gasteiger partial charge >= 0.3 is 0 Å². The van der Waals surface area contributed by atoms with Gasteiger partial charge in [-0.15, -0.1) is 0 Å². The Morgan fingerprint density at radius 1 is 1.00 bits per heavy atom. The molecule has 1 heterocycles. The summed E-state index contributed by atoms with van der Waals surface area (Å²) in [5.41, 5.74) is 2.44. The fourth-order valence-electron chi connectivity index (χ4n) is 2.20. The number of hydrogen-bond donors (Lipinski definition) is 0. The Labute approximate surface area is 122 Å². The molecule has 3 heteroatoms. The van der Waals surface area contributed by atoms with Crippen LogP contribution in [0, 0.1) is 0 Å². The normalized spacial score (nSPS) is 11.1. The van der Waals surface area contributed by atoms with Crippen molar-refractivity contribution < 1.29 is 9.15 Å². The third-order valence-electron chi connectivity index (χ3n) is 3.29. The summed E-state index contributed by atoms with van der Waals surface area (Å²) in [6, 6.07) is 14.7. The highest BCUT2D eigenvalue weighted by molar-refractivity contribution is 5.89. The van der Waals surface area contributed by atoms with Crippen LogP contribution in [-0.4, -0.2) is 7.11 Å². The maximum Gasteiger partial charge on any atom is 0.193 e. The Hall–Kier alpha value is -2.81. The number of fused-ring (bicyclic) bond motifs is 1. The van der Waals surface area contributed by atoms with E-state index in [-0.39, 0.29) is 5.43 Å². The van der Waals surface area contributed by atoms with Gasteiger partial charge in [-0.25, -0.2) is 0 Å². The maximum atomic E-state index is 12.0. The Bertz CT molecular complexity index is 837. The Kier molecular flexibility index (Phi) is 3.56. The second-order valence-corrected chi connectivity index (χ2v) is 4.61. The van der Waals surface area contributed by atoms with E-state index in [4.69, 9.17) is 9.15 Å². The minimum atomic E-state index is -0.0359. The molecule has 21 heavy (non-hydrogen) atoms. The molecule has 0 amide bonds. The standard InChI is InChI=1S/C18H14O3/c1-20-15-9-6-13(7-10-15)5-8-14-3-2-4-17-18(14)16(19)11-12-21-17/h2-12H,1H3/b8-5+. The summed E-state index contributed by atoms with van der Waals surface area (Å²) in [4.78, 5) is 12.0. The average molecular weight is 278 g/mol. The second kappa shape index (κ2) is 5.67. The van der Waals surface area contributed by atoms with Crippen molar-refractivity contribution in [1.29, 1.82) is 0 Å². The largest absolute Gasteiger partial charge is 0.497 e. The number of methoxy groups -OCH3 is 1. The van der Waals surface area contributed by atoms with E-state index in [1.54, 1.807) is 13.2 Å². The molecule has 0 fully saturated rings. The summed E-state index contributed by atoms with van der Waals surface area (Å²) in [6.45, 7) is 0. The minimum absolute atomic E-state index is 0.0359. The van der Waals surface area contributed by atoms with Crippen molar-refractivity contribution in [2.75, 3.05) is 7.11 Å². The van der Waals surface area contributed by atoms with Gasteiger partial charge in [-0.1, -0.05) is 36.4 Å². The zero-order valence-electron chi connectivity index (χ0n) is 11.6. The van der Waals surface area contributed by atoms with Crippen LogP contribution in [0.2, 0.25) is 0 Å². The van der Waals surface area contributed by atoms with Crippen molar-refractivity contribution in [3.05, 3.63) is 76.1 Å². The third-order valence-corrected chi connectivity index (χ3v) is 3.29. The van der Waals surface area contributed by atoms with Crippen LogP contribution in [0.4, 0.5) is 0 Å². The summed E-state index contributed by atoms with van der Waals surface area (Å²) < 4.78 is 10.5. The van der Waals surface area contributed by atoms with E-state index in [9.17, 15) is 4.79 Å². The molecule has 0 aliphatic heterocycles. The van der Waals surface area contributed by atoms with E-state index < -0.39 is 0 Å². The summed E-state index contributed by atoms with van der Waals surface area (Å²) in [5, 5.41) is 0.602. The highest BCUT2D eigenvalue weighted by Crippen LogP contribution is 2.18. The van der Waals surface area contributed by atoms with Crippen LogP contribution >= 0.6 is 0 Å². The molecule has 0 unspecified atom stereocenters. The zero-order chi connectivity index (χ0) is 14.7. The molecule has 0 saturated carbocycles. The Balaban J connectivity index is 2.01. The summed E-state index contributed by atoms with van der Waals surface area (Å²) >= 11 is 0. The topological polar surface area (TPSA) is 39.4 Å². The van der Waals surface area contributed by atoms with Gasteiger partial charge in [0.05, 0.1) is 18.8 Å². The fraction of sp³-hybridized carbons (Fsp3) is 0.0556. The third kappa shape index (κ3) is 2.72. The summed E-state index contributed by atoms with van der Waals surface area (Å²) in [7, 11) is 1.64. The lowest BCUT2D eigenvalue weighted by Crippen LogP contribution is -1.99. The van der Waals surface area contributed by atoms with E-state index in [2.05, 4.69) is 0 Å². The second-order valence-electron chi connectivity index (χ2n) is 4.61. The van der Waals surface area contributed by atoms with Gasteiger partial charge in [0.15, 0.2) is 5.43 Å². The first kappa shape index (κ1) is 13.2. The Morgan fingerprint density at radius 3 is 2.57 bits per heavy atom. The smallest absolute Gasteiger partial charge is 0.193 e. The molecule has 0 saturated heterocycles. The lowest BCUT2D eigenvalue weighted by atomic mass is 10.1. The molecule has 0 radical (unpaired) electrons.